The number of rotatable bonds is 3. The number of likely N-dealkylation sites (tertiary alicyclic amines) is 1. The Balaban J connectivity index is 1.79. The number of aromatic nitrogens is 1. The van der Waals surface area contributed by atoms with E-state index in [2.05, 4.69) is 33.7 Å². The number of hydrogen-bond donors (Lipinski definition) is 2. The van der Waals surface area contributed by atoms with Crippen LogP contribution in [0.1, 0.15) is 37.3 Å². The van der Waals surface area contributed by atoms with Crippen LogP contribution < -0.4 is 5.32 Å². The predicted molar refractivity (Wildman–Crippen MR) is 69.9 cm³/mol. The third-order valence-electron chi connectivity index (χ3n) is 4.33. The molecule has 0 spiro atoms. The van der Waals surface area contributed by atoms with Gasteiger partial charge < -0.3 is 10.3 Å². The average Bonchev–Trinajstić information content (AvgIpc) is 3.04. The molecule has 3 rings (SSSR count). The zero-order valence-corrected chi connectivity index (χ0v) is 10.5. The number of piperidine rings is 1. The average molecular weight is 233 g/mol. The Kier molecular flexibility index (Phi) is 3.48. The third kappa shape index (κ3) is 2.40. The second kappa shape index (κ2) is 5.23. The summed E-state index contributed by atoms with van der Waals surface area (Å²) in [6, 6.07) is 2.93. The Morgan fingerprint density at radius 2 is 1.94 bits per heavy atom. The summed E-state index contributed by atoms with van der Waals surface area (Å²) in [5.74, 6) is 0.838. The Hall–Kier alpha value is -0.800. The number of hydrogen-bond acceptors (Lipinski definition) is 2. The van der Waals surface area contributed by atoms with Crippen molar-refractivity contribution in [3.63, 3.8) is 0 Å². The fraction of sp³-hybridized carbons (Fsp3) is 0.714. The van der Waals surface area contributed by atoms with Crippen molar-refractivity contribution in [1.82, 2.24) is 15.2 Å². The molecule has 1 aromatic heterocycles. The molecule has 2 aliphatic rings. The number of nitrogens with zero attached hydrogens (tertiary/aromatic N) is 1. The lowest BCUT2D eigenvalue weighted by atomic mass is 9.86. The first-order chi connectivity index (χ1) is 8.45. The van der Waals surface area contributed by atoms with Crippen LogP contribution >= 0.6 is 0 Å². The van der Waals surface area contributed by atoms with Crippen LogP contribution in [-0.4, -0.2) is 36.1 Å². The molecule has 2 N–H and O–H groups in total. The second-order valence-electron chi connectivity index (χ2n) is 5.42. The summed E-state index contributed by atoms with van der Waals surface area (Å²) in [7, 11) is 0. The summed E-state index contributed by atoms with van der Waals surface area (Å²) in [5.41, 5.74) is 1.50. The van der Waals surface area contributed by atoms with Crippen molar-refractivity contribution < 1.29 is 0 Å². The second-order valence-corrected chi connectivity index (χ2v) is 5.42. The van der Waals surface area contributed by atoms with Gasteiger partial charge >= 0.3 is 0 Å². The molecule has 2 saturated heterocycles. The molecule has 3 nitrogen and oxygen atoms in total. The van der Waals surface area contributed by atoms with Crippen LogP contribution in [0.2, 0.25) is 0 Å². The van der Waals surface area contributed by atoms with Crippen molar-refractivity contribution in [1.29, 1.82) is 0 Å². The first kappa shape index (κ1) is 11.3. The molecule has 1 aromatic rings. The zero-order chi connectivity index (χ0) is 11.5. The van der Waals surface area contributed by atoms with E-state index >= 15 is 0 Å². The molecule has 0 aromatic carbocycles. The molecular formula is C14H23N3. The van der Waals surface area contributed by atoms with Gasteiger partial charge in [0.15, 0.2) is 0 Å². The van der Waals surface area contributed by atoms with Crippen molar-refractivity contribution in [2.75, 3.05) is 26.2 Å². The maximum absolute atomic E-state index is 3.48. The van der Waals surface area contributed by atoms with Crippen molar-refractivity contribution in [2.45, 2.75) is 31.7 Å². The minimum absolute atomic E-state index is 0.658. The Morgan fingerprint density at radius 3 is 2.59 bits per heavy atom. The standard InChI is InChI=1S/C14H23N3/c1-2-10-17(9-1)14(13-5-8-16-11-13)12-3-6-15-7-4-12/h5,8,11-12,14-16H,1-4,6-7,9-10H2. The van der Waals surface area contributed by atoms with Crippen LogP contribution in [0.3, 0.4) is 0 Å². The van der Waals surface area contributed by atoms with E-state index in [-0.39, 0.29) is 0 Å². The highest BCUT2D eigenvalue weighted by Gasteiger charge is 2.31. The van der Waals surface area contributed by atoms with E-state index < -0.39 is 0 Å². The minimum Gasteiger partial charge on any atom is -0.367 e. The SMILES string of the molecule is c1cc(C(C2CCNCC2)N2CCCC2)c[nH]1. The zero-order valence-electron chi connectivity index (χ0n) is 10.5. The van der Waals surface area contributed by atoms with Gasteiger partial charge in [-0.25, -0.2) is 0 Å². The smallest absolute Gasteiger partial charge is 0.0392 e. The first-order valence-electron chi connectivity index (χ1n) is 7.02. The summed E-state index contributed by atoms with van der Waals surface area (Å²) in [5, 5.41) is 3.48. The maximum Gasteiger partial charge on any atom is 0.0392 e. The van der Waals surface area contributed by atoms with E-state index in [4.69, 9.17) is 0 Å². The van der Waals surface area contributed by atoms with Gasteiger partial charge in [-0.3, -0.25) is 4.90 Å². The Labute approximate surface area is 104 Å². The van der Waals surface area contributed by atoms with Gasteiger partial charge in [-0.2, -0.15) is 0 Å². The summed E-state index contributed by atoms with van der Waals surface area (Å²) in [4.78, 5) is 5.94. The van der Waals surface area contributed by atoms with E-state index in [9.17, 15) is 0 Å². The highest BCUT2D eigenvalue weighted by Crippen LogP contribution is 2.35. The van der Waals surface area contributed by atoms with Crippen LogP contribution in [0.15, 0.2) is 18.5 Å². The van der Waals surface area contributed by atoms with Crippen LogP contribution in [0, 0.1) is 5.92 Å². The highest BCUT2D eigenvalue weighted by atomic mass is 15.2. The van der Waals surface area contributed by atoms with Crippen LogP contribution in [0.5, 0.6) is 0 Å². The first-order valence-corrected chi connectivity index (χ1v) is 7.02. The van der Waals surface area contributed by atoms with Gasteiger partial charge in [-0.05, 0) is 69.4 Å². The van der Waals surface area contributed by atoms with Crippen molar-refractivity contribution in [3.05, 3.63) is 24.0 Å². The molecule has 0 saturated carbocycles. The molecule has 94 valence electrons. The molecule has 0 amide bonds. The predicted octanol–water partition coefficient (Wildman–Crippen LogP) is 2.15. The number of nitrogens with one attached hydrogen (secondary N) is 2. The number of aromatic amines is 1. The molecule has 1 unspecified atom stereocenters. The molecule has 3 heterocycles. The van der Waals surface area contributed by atoms with Crippen molar-refractivity contribution in [2.24, 2.45) is 5.92 Å². The van der Waals surface area contributed by atoms with Crippen LogP contribution in [0.4, 0.5) is 0 Å². The molecular weight excluding hydrogens is 210 g/mol. The van der Waals surface area contributed by atoms with Crippen LogP contribution in [0.25, 0.3) is 0 Å². The van der Waals surface area contributed by atoms with Gasteiger partial charge in [-0.15, -0.1) is 0 Å². The van der Waals surface area contributed by atoms with Gasteiger partial charge in [0.25, 0.3) is 0 Å². The normalized spacial score (nSPS) is 25.2. The molecule has 1 atom stereocenters. The van der Waals surface area contributed by atoms with Gasteiger partial charge in [0.1, 0.15) is 0 Å². The summed E-state index contributed by atoms with van der Waals surface area (Å²) < 4.78 is 0. The van der Waals surface area contributed by atoms with E-state index in [1.54, 1.807) is 0 Å². The van der Waals surface area contributed by atoms with Gasteiger partial charge in [0.2, 0.25) is 0 Å². The minimum atomic E-state index is 0.658. The fourth-order valence-corrected chi connectivity index (χ4v) is 3.48. The van der Waals surface area contributed by atoms with E-state index in [0.29, 0.717) is 6.04 Å². The lowest BCUT2D eigenvalue weighted by molar-refractivity contribution is 0.148. The largest absolute Gasteiger partial charge is 0.367 e. The fourth-order valence-electron chi connectivity index (χ4n) is 3.48. The molecule has 0 bridgehead atoms. The quantitative estimate of drug-likeness (QED) is 0.838. The molecule has 2 fully saturated rings. The molecule has 3 heteroatoms. The summed E-state index contributed by atoms with van der Waals surface area (Å²) in [6.07, 6.45) is 9.68. The Bertz CT molecular complexity index is 321. The van der Waals surface area contributed by atoms with Crippen LogP contribution in [-0.2, 0) is 0 Å². The topological polar surface area (TPSA) is 31.1 Å². The van der Waals surface area contributed by atoms with E-state index in [0.717, 1.165) is 5.92 Å². The van der Waals surface area contributed by atoms with E-state index in [1.165, 1.54) is 57.4 Å². The summed E-state index contributed by atoms with van der Waals surface area (Å²) in [6.45, 7) is 4.97. The van der Waals surface area contributed by atoms with Crippen molar-refractivity contribution >= 4 is 0 Å². The lowest BCUT2D eigenvalue weighted by Crippen LogP contribution is -2.37. The lowest BCUT2D eigenvalue weighted by Gasteiger charge is -2.36. The van der Waals surface area contributed by atoms with E-state index in [1.807, 2.05) is 0 Å². The maximum atomic E-state index is 3.48. The molecule has 0 aliphatic carbocycles. The number of H-pyrrole nitrogens is 1. The van der Waals surface area contributed by atoms with Gasteiger partial charge in [0, 0.05) is 18.4 Å². The third-order valence-corrected chi connectivity index (χ3v) is 4.33. The monoisotopic (exact) mass is 233 g/mol. The Morgan fingerprint density at radius 1 is 1.18 bits per heavy atom. The van der Waals surface area contributed by atoms with Gasteiger partial charge in [0.05, 0.1) is 0 Å². The molecule has 0 radical (unpaired) electrons. The van der Waals surface area contributed by atoms with Gasteiger partial charge in [-0.1, -0.05) is 0 Å². The van der Waals surface area contributed by atoms with Crippen molar-refractivity contribution in [3.8, 4) is 0 Å². The molecule has 2 aliphatic heterocycles. The molecule has 17 heavy (non-hydrogen) atoms. The highest BCUT2D eigenvalue weighted by molar-refractivity contribution is 5.16. The summed E-state index contributed by atoms with van der Waals surface area (Å²) >= 11 is 0.